The Morgan fingerprint density at radius 2 is 1.85 bits per heavy atom. The summed E-state index contributed by atoms with van der Waals surface area (Å²) in [5.41, 5.74) is 0. The van der Waals surface area contributed by atoms with Gasteiger partial charge < -0.3 is 4.74 Å². The van der Waals surface area contributed by atoms with E-state index in [1.54, 1.807) is 0 Å². The normalized spacial score (nSPS) is 10.6. The van der Waals surface area contributed by atoms with Gasteiger partial charge in [-0.3, -0.25) is 5.32 Å². The Morgan fingerprint density at radius 1 is 1.08 bits per heavy atom. The van der Waals surface area contributed by atoms with E-state index in [9.17, 15) is 4.39 Å². The molecule has 0 atom stereocenters. The molecule has 0 aromatic heterocycles. The highest BCUT2D eigenvalue weighted by Crippen LogP contribution is 2.01. The third-order valence-electron chi connectivity index (χ3n) is 1.91. The Kier molecular flexibility index (Phi) is 11.7. The smallest absolute Gasteiger partial charge is 0.140 e. The third-order valence-corrected chi connectivity index (χ3v) is 1.91. The summed E-state index contributed by atoms with van der Waals surface area (Å²) in [6, 6.07) is 0. The van der Waals surface area contributed by atoms with Crippen molar-refractivity contribution in [2.45, 2.75) is 39.0 Å². The van der Waals surface area contributed by atoms with Crippen LogP contribution in [0, 0.1) is 0 Å². The van der Waals surface area contributed by atoms with Crippen LogP contribution in [-0.4, -0.2) is 26.6 Å². The van der Waals surface area contributed by atoms with Crippen LogP contribution in [0.15, 0.2) is 0 Å². The van der Waals surface area contributed by atoms with Gasteiger partial charge in [0.25, 0.3) is 0 Å². The number of hydrogen-bond donors (Lipinski definition) is 1. The van der Waals surface area contributed by atoms with Crippen LogP contribution in [0.1, 0.15) is 39.0 Å². The monoisotopic (exact) mass is 191 g/mol. The summed E-state index contributed by atoms with van der Waals surface area (Å²) in [5.74, 6) is 0. The number of halogens is 1. The first-order valence-corrected chi connectivity index (χ1v) is 5.26. The van der Waals surface area contributed by atoms with E-state index in [1.807, 2.05) is 0 Å². The van der Waals surface area contributed by atoms with Crippen molar-refractivity contribution >= 4 is 0 Å². The highest BCUT2D eigenvalue weighted by Gasteiger charge is 1.90. The molecule has 0 aromatic carbocycles. The molecule has 3 heteroatoms. The molecule has 0 rings (SSSR count). The molecule has 0 heterocycles. The fraction of sp³-hybridized carbons (Fsp3) is 1.00. The first-order valence-electron chi connectivity index (χ1n) is 5.26. The van der Waals surface area contributed by atoms with Crippen molar-refractivity contribution < 1.29 is 9.13 Å². The zero-order valence-electron chi connectivity index (χ0n) is 8.65. The van der Waals surface area contributed by atoms with E-state index in [-0.39, 0.29) is 0 Å². The van der Waals surface area contributed by atoms with Crippen LogP contribution >= 0.6 is 0 Å². The van der Waals surface area contributed by atoms with E-state index in [4.69, 9.17) is 4.74 Å². The maximum Gasteiger partial charge on any atom is 0.140 e. The molecule has 13 heavy (non-hydrogen) atoms. The summed E-state index contributed by atoms with van der Waals surface area (Å²) in [7, 11) is 0. The number of rotatable bonds is 10. The second kappa shape index (κ2) is 11.8. The van der Waals surface area contributed by atoms with Crippen molar-refractivity contribution in [3.05, 3.63) is 0 Å². The molecule has 0 fully saturated rings. The SMILES string of the molecule is CCCCCCCOCCNCF. The fourth-order valence-corrected chi connectivity index (χ4v) is 1.12. The van der Waals surface area contributed by atoms with E-state index in [1.165, 1.54) is 25.7 Å². The van der Waals surface area contributed by atoms with Crippen molar-refractivity contribution in [1.29, 1.82) is 0 Å². The average Bonchev–Trinajstić information content (AvgIpc) is 2.16. The first-order chi connectivity index (χ1) is 6.41. The van der Waals surface area contributed by atoms with Gasteiger partial charge in [0.1, 0.15) is 6.80 Å². The van der Waals surface area contributed by atoms with Gasteiger partial charge in [-0.2, -0.15) is 0 Å². The Hall–Kier alpha value is -0.150. The molecule has 0 aromatic rings. The summed E-state index contributed by atoms with van der Waals surface area (Å²) in [4.78, 5) is 0. The molecule has 80 valence electrons. The lowest BCUT2D eigenvalue weighted by atomic mass is 10.2. The minimum Gasteiger partial charge on any atom is -0.380 e. The average molecular weight is 191 g/mol. The quantitative estimate of drug-likeness (QED) is 0.423. The fourth-order valence-electron chi connectivity index (χ4n) is 1.12. The molecule has 0 aliphatic rings. The zero-order chi connectivity index (χ0) is 9.78. The van der Waals surface area contributed by atoms with Crippen molar-refractivity contribution in [3.8, 4) is 0 Å². The molecule has 0 aliphatic carbocycles. The molecule has 0 aliphatic heterocycles. The largest absolute Gasteiger partial charge is 0.380 e. The van der Waals surface area contributed by atoms with Gasteiger partial charge in [0.2, 0.25) is 0 Å². The number of hydrogen-bond acceptors (Lipinski definition) is 2. The van der Waals surface area contributed by atoms with Crippen LogP contribution < -0.4 is 5.32 Å². The van der Waals surface area contributed by atoms with Gasteiger partial charge in [0, 0.05) is 13.2 Å². The molecule has 0 spiro atoms. The molecule has 0 radical (unpaired) electrons. The Morgan fingerprint density at radius 3 is 2.54 bits per heavy atom. The second-order valence-electron chi connectivity index (χ2n) is 3.16. The Labute approximate surface area is 80.9 Å². The molecule has 0 unspecified atom stereocenters. The molecule has 0 bridgehead atoms. The van der Waals surface area contributed by atoms with Crippen LogP contribution in [0.4, 0.5) is 4.39 Å². The van der Waals surface area contributed by atoms with Crippen molar-refractivity contribution in [3.63, 3.8) is 0 Å². The molecule has 2 nitrogen and oxygen atoms in total. The minimum absolute atomic E-state index is 0.458. The van der Waals surface area contributed by atoms with Crippen molar-refractivity contribution in [1.82, 2.24) is 5.32 Å². The lowest BCUT2D eigenvalue weighted by Gasteiger charge is -2.03. The van der Waals surface area contributed by atoms with Crippen molar-refractivity contribution in [2.75, 3.05) is 26.6 Å². The van der Waals surface area contributed by atoms with Gasteiger partial charge in [-0.05, 0) is 6.42 Å². The molecule has 0 amide bonds. The number of alkyl halides is 1. The zero-order valence-corrected chi connectivity index (χ0v) is 8.65. The van der Waals surface area contributed by atoms with Gasteiger partial charge >= 0.3 is 0 Å². The lowest BCUT2D eigenvalue weighted by Crippen LogP contribution is -2.18. The van der Waals surface area contributed by atoms with Crippen LogP contribution in [0.5, 0.6) is 0 Å². The van der Waals surface area contributed by atoms with Gasteiger partial charge in [0.15, 0.2) is 0 Å². The molecule has 1 N–H and O–H groups in total. The van der Waals surface area contributed by atoms with Crippen LogP contribution in [0.2, 0.25) is 0 Å². The van der Waals surface area contributed by atoms with Gasteiger partial charge in [-0.15, -0.1) is 0 Å². The summed E-state index contributed by atoms with van der Waals surface area (Å²) < 4.78 is 16.8. The van der Waals surface area contributed by atoms with Crippen molar-refractivity contribution in [2.24, 2.45) is 0 Å². The van der Waals surface area contributed by atoms with E-state index in [0.717, 1.165) is 13.0 Å². The Bertz CT molecular complexity index is 81.0. The van der Waals surface area contributed by atoms with Crippen LogP contribution in [-0.2, 0) is 4.74 Å². The van der Waals surface area contributed by atoms with E-state index < -0.39 is 6.80 Å². The summed E-state index contributed by atoms with van der Waals surface area (Å²) >= 11 is 0. The number of ether oxygens (including phenoxy) is 1. The summed E-state index contributed by atoms with van der Waals surface area (Å²) in [6.45, 7) is 3.81. The van der Waals surface area contributed by atoms with E-state index in [0.29, 0.717) is 13.2 Å². The second-order valence-corrected chi connectivity index (χ2v) is 3.16. The van der Waals surface area contributed by atoms with Gasteiger partial charge in [-0.25, -0.2) is 4.39 Å². The van der Waals surface area contributed by atoms with Crippen LogP contribution in [0.25, 0.3) is 0 Å². The maximum absolute atomic E-state index is 11.5. The highest BCUT2D eigenvalue weighted by molar-refractivity contribution is 4.42. The van der Waals surface area contributed by atoms with Crippen LogP contribution in [0.3, 0.4) is 0 Å². The number of unbranched alkanes of at least 4 members (excludes halogenated alkanes) is 4. The van der Waals surface area contributed by atoms with Gasteiger partial charge in [-0.1, -0.05) is 32.6 Å². The molecular weight excluding hydrogens is 169 g/mol. The highest BCUT2D eigenvalue weighted by atomic mass is 19.1. The predicted octanol–water partition coefficient (Wildman–Crippen LogP) is 2.49. The predicted molar refractivity (Wildman–Crippen MR) is 53.6 cm³/mol. The molecular formula is C10H22FNO. The topological polar surface area (TPSA) is 21.3 Å². The van der Waals surface area contributed by atoms with E-state index in [2.05, 4.69) is 12.2 Å². The molecule has 0 saturated carbocycles. The third kappa shape index (κ3) is 11.9. The standard InChI is InChI=1S/C10H22FNO/c1-2-3-4-5-6-8-13-9-7-12-10-11/h12H,2-10H2,1H3. The maximum atomic E-state index is 11.5. The summed E-state index contributed by atoms with van der Waals surface area (Å²) in [6.07, 6.45) is 6.30. The summed E-state index contributed by atoms with van der Waals surface area (Å²) in [5, 5.41) is 2.57. The first kappa shape index (κ1) is 12.8. The van der Waals surface area contributed by atoms with Gasteiger partial charge in [0.05, 0.1) is 6.61 Å². The lowest BCUT2D eigenvalue weighted by molar-refractivity contribution is 0.129. The number of nitrogens with one attached hydrogen (secondary N) is 1. The molecule has 0 saturated heterocycles. The Balaban J connectivity index is 2.76. The van der Waals surface area contributed by atoms with E-state index >= 15 is 0 Å². The minimum atomic E-state index is -0.458.